The normalized spacial score (nSPS) is 8.29. The molecule has 0 aromatic heterocycles. The Morgan fingerprint density at radius 1 is 0.476 bits per heavy atom. The van der Waals surface area contributed by atoms with Gasteiger partial charge in [0.1, 0.15) is 0 Å². The van der Waals surface area contributed by atoms with Crippen LogP contribution in [0.25, 0.3) is 0 Å². The van der Waals surface area contributed by atoms with Crippen molar-refractivity contribution in [1.82, 2.24) is 0 Å². The molecule has 21 heavy (non-hydrogen) atoms. The van der Waals surface area contributed by atoms with E-state index in [9.17, 15) is 0 Å². The fourth-order valence-corrected chi connectivity index (χ4v) is 0. The molecule has 0 saturated heterocycles. The fraction of sp³-hybridized carbons (Fsp3) is 0. The molecule has 0 bridgehead atoms. The molecule has 21 heteroatoms. The minimum Gasteiger partial charge on any atom is -0.780 e. The minimum absolute atomic E-state index is 0. The molecular weight excluding hydrogens is 644 g/mol. The van der Waals surface area contributed by atoms with Crippen molar-refractivity contribution in [2.24, 2.45) is 0 Å². The third-order valence-electron chi connectivity index (χ3n) is 0. The monoisotopic (exact) mass is 642 g/mol. The molecule has 9 nitrogen and oxygen atoms in total. The Morgan fingerprint density at radius 3 is 0.476 bits per heavy atom. The van der Waals surface area contributed by atoms with Crippen LogP contribution in [0, 0.1) is 0 Å². The van der Waals surface area contributed by atoms with Crippen molar-refractivity contribution < 1.29 is 203 Å². The van der Waals surface area contributed by atoms with Gasteiger partial charge in [0.05, 0.1) is 0 Å². The van der Waals surface area contributed by atoms with Crippen LogP contribution in [0.15, 0.2) is 0 Å². The van der Waals surface area contributed by atoms with E-state index in [4.69, 9.17) is 39.9 Å². The van der Waals surface area contributed by atoms with Crippen molar-refractivity contribution in [3.05, 3.63) is 0 Å². The van der Waals surface area contributed by atoms with Gasteiger partial charge in [-0.1, -0.05) is 0 Å². The third-order valence-corrected chi connectivity index (χ3v) is 0. The predicted molar refractivity (Wildman–Crippen MR) is 51.2 cm³/mol. The summed E-state index contributed by atoms with van der Waals surface area (Å²) in [7, 11) is -13.0. The molecule has 0 saturated carbocycles. The van der Waals surface area contributed by atoms with E-state index in [-0.39, 0.29) is 163 Å². The molecule has 0 rings (SSSR count). The predicted octanol–water partition coefficient (Wildman–Crippen LogP) is -15.0. The zero-order valence-electron chi connectivity index (χ0n) is 10.7. The van der Waals surface area contributed by atoms with Gasteiger partial charge in [-0.05, 0) is 33.6 Å². The molecule has 0 amide bonds. The Morgan fingerprint density at radius 2 is 0.476 bits per heavy atom. The first-order chi connectivity index (χ1) is 6.00. The summed E-state index contributed by atoms with van der Waals surface area (Å²) < 4.78 is 80.0. The van der Waals surface area contributed by atoms with Crippen molar-refractivity contribution in [2.75, 3.05) is 0 Å². The van der Waals surface area contributed by atoms with E-state index in [0.29, 0.717) is 0 Å². The zero-order valence-corrected chi connectivity index (χ0v) is 26.6. The van der Waals surface area contributed by atoms with Gasteiger partial charge < -0.3 is 27.3 Å². The van der Waals surface area contributed by atoms with Gasteiger partial charge in [-0.2, -0.15) is 0 Å². The molecule has 0 heterocycles. The second-order valence-corrected chi connectivity index (χ2v) is 7.35. The Hall–Kier alpha value is 6.35. The van der Waals surface area contributed by atoms with Gasteiger partial charge in [-0.3, -0.25) is 12.6 Å². The quantitative estimate of drug-likeness (QED) is 0.227. The summed E-state index contributed by atoms with van der Waals surface area (Å²) in [5, 5.41) is 0. The SMILES string of the molecule is O=S([O-])([O-])=S.O=S([O-])([O-])=S.O=S([O-])([O-])=S.[Ag+].[Ag+].[Na+].[Na+].[Na+].[Na+]. The first-order valence-electron chi connectivity index (χ1n) is 2.00. The maximum absolute atomic E-state index is 8.89. The molecule has 0 aromatic rings. The Labute approximate surface area is 257 Å². The largest absolute Gasteiger partial charge is 1.00 e. The zero-order chi connectivity index (χ0) is 13.5. The third kappa shape index (κ3) is 387. The van der Waals surface area contributed by atoms with E-state index < -0.39 is 27.2 Å². The van der Waals surface area contributed by atoms with Crippen LogP contribution in [0.5, 0.6) is 0 Å². The van der Waals surface area contributed by atoms with Crippen LogP contribution in [0.3, 0.4) is 0 Å². The van der Waals surface area contributed by atoms with Crippen molar-refractivity contribution >= 4 is 60.7 Å². The molecule has 0 unspecified atom stereocenters. The van der Waals surface area contributed by atoms with Crippen molar-refractivity contribution in [1.29, 1.82) is 0 Å². The smallest absolute Gasteiger partial charge is 0.780 e. The van der Waals surface area contributed by atoms with Gasteiger partial charge >= 0.3 is 163 Å². The van der Waals surface area contributed by atoms with Gasteiger partial charge in [0.15, 0.2) is 0 Å². The summed E-state index contributed by atoms with van der Waals surface area (Å²) >= 11 is 9.73. The van der Waals surface area contributed by atoms with Gasteiger partial charge in [0, 0.05) is 0 Å². The summed E-state index contributed by atoms with van der Waals surface area (Å²) in [5.74, 6) is 0. The molecule has 0 spiro atoms. The van der Waals surface area contributed by atoms with Gasteiger partial charge in [0.25, 0.3) is 0 Å². The van der Waals surface area contributed by atoms with E-state index in [2.05, 4.69) is 33.6 Å². The van der Waals surface area contributed by atoms with Crippen molar-refractivity contribution in [3.8, 4) is 0 Å². The summed E-state index contributed by atoms with van der Waals surface area (Å²) in [6, 6.07) is 0. The second kappa shape index (κ2) is 28.6. The summed E-state index contributed by atoms with van der Waals surface area (Å²) in [5.41, 5.74) is 0. The van der Waals surface area contributed by atoms with Crippen LogP contribution < -0.4 is 118 Å². The first-order valence-corrected chi connectivity index (χ1v) is 9.00. The topological polar surface area (TPSA) is 190 Å². The van der Waals surface area contributed by atoms with Gasteiger partial charge in [-0.25, -0.2) is 0 Å². The molecule has 116 valence electrons. The number of hydrogen-bond donors (Lipinski definition) is 0. The molecule has 0 atom stereocenters. The summed E-state index contributed by atoms with van der Waals surface area (Å²) in [4.78, 5) is 0. The van der Waals surface area contributed by atoms with E-state index >= 15 is 0 Å². The van der Waals surface area contributed by atoms with Crippen LogP contribution in [0.1, 0.15) is 0 Å². The molecule has 0 aliphatic carbocycles. The Balaban J connectivity index is -0.0000000129. The maximum atomic E-state index is 8.89. The van der Waals surface area contributed by atoms with Gasteiger partial charge in [-0.15, -0.1) is 27.2 Å². The Bertz CT molecular complexity index is 359. The molecule has 0 aliphatic heterocycles. The minimum atomic E-state index is -4.33. The van der Waals surface area contributed by atoms with Gasteiger partial charge in [0.2, 0.25) is 0 Å². The van der Waals surface area contributed by atoms with E-state index in [1.807, 2.05) is 0 Å². The number of hydrogen-bond acceptors (Lipinski definition) is 12. The molecule has 0 aromatic carbocycles. The number of rotatable bonds is 0. The molecule has 0 radical (unpaired) electrons. The molecule has 0 N–H and O–H groups in total. The van der Waals surface area contributed by atoms with Crippen LogP contribution in [0.4, 0.5) is 0 Å². The standard InChI is InChI=1S/2Ag.4Na.3H2O3S2/c;;;;;;3*1-5(2,3)4/h;;;;;;3*(H2,1,2,3,4)/q6*+1;;;/p-6. The molecular formula is Ag2Na4O9S6. The van der Waals surface area contributed by atoms with Crippen molar-refractivity contribution in [2.45, 2.75) is 0 Å². The average molecular weight is 644 g/mol. The van der Waals surface area contributed by atoms with Crippen LogP contribution in [-0.2, 0) is 105 Å². The molecule has 0 fully saturated rings. The average Bonchev–Trinajstić information content (AvgIpc) is 1.41. The van der Waals surface area contributed by atoms with Crippen LogP contribution >= 0.6 is 0 Å². The maximum Gasteiger partial charge on any atom is 1.00 e. The van der Waals surface area contributed by atoms with E-state index in [0.717, 1.165) is 0 Å². The Kier molecular flexibility index (Phi) is 76.7. The van der Waals surface area contributed by atoms with Crippen LogP contribution in [0.2, 0.25) is 0 Å². The molecule has 0 aliphatic rings. The van der Waals surface area contributed by atoms with E-state index in [1.54, 1.807) is 0 Å². The summed E-state index contributed by atoms with van der Waals surface area (Å²) in [6.07, 6.45) is 0. The fourth-order valence-electron chi connectivity index (χ4n) is 0. The van der Waals surface area contributed by atoms with Crippen molar-refractivity contribution in [3.63, 3.8) is 0 Å². The van der Waals surface area contributed by atoms with E-state index in [1.165, 1.54) is 0 Å². The second-order valence-electron chi connectivity index (χ2n) is 1.22. The summed E-state index contributed by atoms with van der Waals surface area (Å²) in [6.45, 7) is 0. The first kappa shape index (κ1) is 56.4. The van der Waals surface area contributed by atoms with Crippen LogP contribution in [-0.4, -0.2) is 39.9 Å².